The zero-order valence-electron chi connectivity index (χ0n) is 7.53. The van der Waals surface area contributed by atoms with Crippen molar-refractivity contribution in [3.63, 3.8) is 0 Å². The smallest absolute Gasteiger partial charge is 0.149 e. The lowest BCUT2D eigenvalue weighted by atomic mass is 10.2. The van der Waals surface area contributed by atoms with Crippen molar-refractivity contribution >= 4 is 11.6 Å². The zero-order valence-corrected chi connectivity index (χ0v) is 7.53. The Morgan fingerprint density at radius 2 is 2.00 bits per heavy atom. The van der Waals surface area contributed by atoms with Gasteiger partial charge in [0, 0.05) is 6.04 Å². The Bertz CT molecular complexity index is 263. The monoisotopic (exact) mass is 178 g/mol. The summed E-state index contributed by atoms with van der Waals surface area (Å²) in [5, 5.41) is 11.1. The molecule has 0 unspecified atom stereocenters. The lowest BCUT2D eigenvalue weighted by Crippen LogP contribution is -2.15. The third-order valence-corrected chi connectivity index (χ3v) is 2.39. The van der Waals surface area contributed by atoms with Crippen LogP contribution in [0.1, 0.15) is 25.7 Å². The van der Waals surface area contributed by atoms with E-state index in [0.717, 1.165) is 5.82 Å². The normalized spacial score (nSPS) is 17.5. The van der Waals surface area contributed by atoms with Gasteiger partial charge in [-0.15, -0.1) is 10.2 Å². The van der Waals surface area contributed by atoms with Crippen LogP contribution in [0, 0.1) is 0 Å². The van der Waals surface area contributed by atoms with Gasteiger partial charge < -0.3 is 11.1 Å². The number of hydrogen-bond acceptors (Lipinski definition) is 4. The van der Waals surface area contributed by atoms with Gasteiger partial charge in [0.15, 0.2) is 0 Å². The van der Waals surface area contributed by atoms with Crippen molar-refractivity contribution in [2.45, 2.75) is 31.7 Å². The third-order valence-electron chi connectivity index (χ3n) is 2.39. The van der Waals surface area contributed by atoms with Gasteiger partial charge in [0.25, 0.3) is 0 Å². The lowest BCUT2D eigenvalue weighted by Gasteiger charge is -2.11. The first-order valence-corrected chi connectivity index (χ1v) is 4.70. The predicted octanol–water partition coefficient (Wildman–Crippen LogP) is 1.41. The van der Waals surface area contributed by atoms with Gasteiger partial charge in [-0.3, -0.25) is 0 Å². The molecule has 0 aromatic carbocycles. The SMILES string of the molecule is Nc1ccc(NC2CCCC2)nn1. The van der Waals surface area contributed by atoms with E-state index in [1.54, 1.807) is 6.07 Å². The Balaban J connectivity index is 1.97. The first-order chi connectivity index (χ1) is 6.34. The molecule has 3 N–H and O–H groups in total. The van der Waals surface area contributed by atoms with Crippen LogP contribution in [0.3, 0.4) is 0 Å². The quantitative estimate of drug-likeness (QED) is 0.718. The van der Waals surface area contributed by atoms with E-state index in [1.807, 2.05) is 6.07 Å². The van der Waals surface area contributed by atoms with E-state index in [4.69, 9.17) is 5.73 Å². The van der Waals surface area contributed by atoms with Crippen molar-refractivity contribution in [2.24, 2.45) is 0 Å². The van der Waals surface area contributed by atoms with E-state index in [9.17, 15) is 0 Å². The Morgan fingerprint density at radius 1 is 1.23 bits per heavy atom. The maximum atomic E-state index is 5.43. The first kappa shape index (κ1) is 8.29. The highest BCUT2D eigenvalue weighted by Crippen LogP contribution is 2.20. The van der Waals surface area contributed by atoms with Gasteiger partial charge in [0.1, 0.15) is 11.6 Å². The number of aromatic nitrogens is 2. The number of hydrogen-bond donors (Lipinski definition) is 2. The number of nitrogens with zero attached hydrogens (tertiary/aromatic N) is 2. The van der Waals surface area contributed by atoms with Crippen molar-refractivity contribution in [2.75, 3.05) is 11.1 Å². The van der Waals surface area contributed by atoms with Gasteiger partial charge in [-0.25, -0.2) is 0 Å². The van der Waals surface area contributed by atoms with Gasteiger partial charge in [-0.05, 0) is 25.0 Å². The first-order valence-electron chi connectivity index (χ1n) is 4.70. The Hall–Kier alpha value is -1.32. The summed E-state index contributed by atoms with van der Waals surface area (Å²) in [5.74, 6) is 1.30. The average molecular weight is 178 g/mol. The van der Waals surface area contributed by atoms with E-state index in [2.05, 4.69) is 15.5 Å². The summed E-state index contributed by atoms with van der Waals surface area (Å²) in [5.41, 5.74) is 5.43. The van der Waals surface area contributed by atoms with Crippen LogP contribution in [0.5, 0.6) is 0 Å². The second kappa shape index (κ2) is 3.60. The fourth-order valence-electron chi connectivity index (χ4n) is 1.70. The second-order valence-corrected chi connectivity index (χ2v) is 3.47. The maximum absolute atomic E-state index is 5.43. The molecule has 1 aromatic rings. The summed E-state index contributed by atoms with van der Waals surface area (Å²) in [6, 6.07) is 4.23. The molecule has 4 heteroatoms. The summed E-state index contributed by atoms with van der Waals surface area (Å²) >= 11 is 0. The molecule has 1 aliphatic rings. The maximum Gasteiger partial charge on any atom is 0.149 e. The van der Waals surface area contributed by atoms with Crippen LogP contribution in [0.2, 0.25) is 0 Å². The summed E-state index contributed by atoms with van der Waals surface area (Å²) in [6.45, 7) is 0. The van der Waals surface area contributed by atoms with Crippen LogP contribution < -0.4 is 11.1 Å². The molecule has 2 rings (SSSR count). The largest absolute Gasteiger partial charge is 0.382 e. The van der Waals surface area contributed by atoms with Gasteiger partial charge in [-0.1, -0.05) is 12.8 Å². The molecule has 70 valence electrons. The van der Waals surface area contributed by atoms with Crippen molar-refractivity contribution in [1.82, 2.24) is 10.2 Å². The van der Waals surface area contributed by atoms with Crippen LogP contribution in [0.4, 0.5) is 11.6 Å². The third kappa shape index (κ3) is 2.08. The van der Waals surface area contributed by atoms with Crippen LogP contribution >= 0.6 is 0 Å². The predicted molar refractivity (Wildman–Crippen MR) is 52.3 cm³/mol. The van der Waals surface area contributed by atoms with Gasteiger partial charge in [0.2, 0.25) is 0 Å². The molecular weight excluding hydrogens is 164 g/mol. The molecule has 0 amide bonds. The molecule has 1 aliphatic carbocycles. The van der Waals surface area contributed by atoms with E-state index >= 15 is 0 Å². The molecule has 0 atom stereocenters. The molecule has 0 bridgehead atoms. The summed E-state index contributed by atoms with van der Waals surface area (Å²) in [6.07, 6.45) is 5.12. The number of nitrogen functional groups attached to an aromatic ring is 1. The van der Waals surface area contributed by atoms with Gasteiger partial charge >= 0.3 is 0 Å². The highest BCUT2D eigenvalue weighted by atomic mass is 15.2. The highest BCUT2D eigenvalue weighted by Gasteiger charge is 2.14. The van der Waals surface area contributed by atoms with Crippen LogP contribution in [0.15, 0.2) is 12.1 Å². The van der Waals surface area contributed by atoms with Crippen molar-refractivity contribution in [3.05, 3.63) is 12.1 Å². The number of nitrogens with one attached hydrogen (secondary N) is 1. The average Bonchev–Trinajstić information content (AvgIpc) is 2.62. The summed E-state index contributed by atoms with van der Waals surface area (Å²) in [7, 11) is 0. The van der Waals surface area contributed by atoms with Gasteiger partial charge in [0.05, 0.1) is 0 Å². The minimum Gasteiger partial charge on any atom is -0.382 e. The van der Waals surface area contributed by atoms with E-state index in [-0.39, 0.29) is 0 Å². The van der Waals surface area contributed by atoms with Gasteiger partial charge in [-0.2, -0.15) is 0 Å². The molecule has 0 aliphatic heterocycles. The fraction of sp³-hybridized carbons (Fsp3) is 0.556. The van der Waals surface area contributed by atoms with E-state index < -0.39 is 0 Å². The molecule has 1 fully saturated rings. The summed E-state index contributed by atoms with van der Waals surface area (Å²) in [4.78, 5) is 0. The van der Waals surface area contributed by atoms with Crippen LogP contribution in [0.25, 0.3) is 0 Å². The van der Waals surface area contributed by atoms with Crippen molar-refractivity contribution < 1.29 is 0 Å². The molecule has 1 saturated carbocycles. The molecule has 4 nitrogen and oxygen atoms in total. The van der Waals surface area contributed by atoms with E-state index in [1.165, 1.54) is 25.7 Å². The molecule has 13 heavy (non-hydrogen) atoms. The molecule has 1 aromatic heterocycles. The second-order valence-electron chi connectivity index (χ2n) is 3.47. The van der Waals surface area contributed by atoms with Crippen LogP contribution in [-0.2, 0) is 0 Å². The zero-order chi connectivity index (χ0) is 9.10. The Labute approximate surface area is 77.5 Å². The lowest BCUT2D eigenvalue weighted by molar-refractivity contribution is 0.746. The topological polar surface area (TPSA) is 63.8 Å². The molecule has 0 saturated heterocycles. The standard InChI is InChI=1S/C9H14N4/c10-8-5-6-9(13-12-8)11-7-3-1-2-4-7/h5-7H,1-4H2,(H2,10,12)(H,11,13). The number of rotatable bonds is 2. The Morgan fingerprint density at radius 3 is 2.62 bits per heavy atom. The van der Waals surface area contributed by atoms with Crippen LogP contribution in [-0.4, -0.2) is 16.2 Å². The fourth-order valence-corrected chi connectivity index (χ4v) is 1.70. The molecule has 0 radical (unpaired) electrons. The minimum atomic E-state index is 0.469. The van der Waals surface area contributed by atoms with Crippen molar-refractivity contribution in [1.29, 1.82) is 0 Å². The minimum absolute atomic E-state index is 0.469. The molecule has 1 heterocycles. The Kier molecular flexibility index (Phi) is 2.29. The number of nitrogens with two attached hydrogens (primary N) is 1. The van der Waals surface area contributed by atoms with E-state index in [0.29, 0.717) is 11.9 Å². The highest BCUT2D eigenvalue weighted by molar-refractivity contribution is 5.39. The number of anilines is 2. The molecule has 0 spiro atoms. The van der Waals surface area contributed by atoms with Crippen molar-refractivity contribution in [3.8, 4) is 0 Å². The summed E-state index contributed by atoms with van der Waals surface area (Å²) < 4.78 is 0. The molecular formula is C9H14N4.